The number of fused-ring (bicyclic) bond motifs is 1. The molecule has 3 heterocycles. The summed E-state index contributed by atoms with van der Waals surface area (Å²) in [5, 5.41) is 7.06. The highest BCUT2D eigenvalue weighted by atomic mass is 16.1. The molecule has 1 aliphatic rings. The highest BCUT2D eigenvalue weighted by Crippen LogP contribution is 2.32. The number of rotatable bonds is 3. The Kier molecular flexibility index (Phi) is 4.00. The number of aliphatic imine (C=N–C) groups is 1. The average molecular weight is 360 g/mol. The Balaban J connectivity index is 1.73. The summed E-state index contributed by atoms with van der Waals surface area (Å²) in [6, 6.07) is 8.93. The van der Waals surface area contributed by atoms with E-state index in [4.69, 9.17) is 5.73 Å². The first-order valence-electron chi connectivity index (χ1n) is 8.31. The highest BCUT2D eigenvalue weighted by Gasteiger charge is 2.20. The molecule has 4 rings (SSSR count). The van der Waals surface area contributed by atoms with Gasteiger partial charge in [0.2, 0.25) is 5.91 Å². The molecule has 0 saturated carbocycles. The van der Waals surface area contributed by atoms with Crippen LogP contribution in [0.3, 0.4) is 0 Å². The zero-order chi connectivity index (χ0) is 19.0. The number of carbonyl (C=O) groups excluding carboxylic acids is 2. The second kappa shape index (κ2) is 6.49. The van der Waals surface area contributed by atoms with Crippen molar-refractivity contribution in [1.82, 2.24) is 14.8 Å². The number of nitrogen functional groups attached to an aromatic ring is 1. The minimum absolute atomic E-state index is 0.00226. The summed E-state index contributed by atoms with van der Waals surface area (Å²) in [6.45, 7) is 1.46. The van der Waals surface area contributed by atoms with Gasteiger partial charge in [-0.05, 0) is 23.8 Å². The molecule has 134 valence electrons. The Bertz CT molecular complexity index is 1080. The van der Waals surface area contributed by atoms with E-state index in [1.54, 1.807) is 36.8 Å². The van der Waals surface area contributed by atoms with Crippen molar-refractivity contribution in [1.29, 1.82) is 0 Å². The maximum Gasteiger partial charge on any atom is 0.221 e. The lowest BCUT2D eigenvalue weighted by Crippen LogP contribution is -2.09. The summed E-state index contributed by atoms with van der Waals surface area (Å²) in [5.74, 6) is 0.639. The summed E-state index contributed by atoms with van der Waals surface area (Å²) in [7, 11) is 0. The molecule has 0 fully saturated rings. The van der Waals surface area contributed by atoms with Crippen LogP contribution in [0.1, 0.15) is 23.7 Å². The van der Waals surface area contributed by atoms with Crippen molar-refractivity contribution in [3.8, 4) is 16.9 Å². The molecule has 0 spiro atoms. The van der Waals surface area contributed by atoms with Crippen LogP contribution in [0, 0.1) is 0 Å². The number of amides is 1. The lowest BCUT2D eigenvalue weighted by Gasteiger charge is -2.11. The van der Waals surface area contributed by atoms with E-state index in [0.29, 0.717) is 28.6 Å². The van der Waals surface area contributed by atoms with Crippen molar-refractivity contribution >= 4 is 35.1 Å². The van der Waals surface area contributed by atoms with Crippen molar-refractivity contribution in [3.63, 3.8) is 0 Å². The number of nitrogens with two attached hydrogens (primary N) is 1. The van der Waals surface area contributed by atoms with Gasteiger partial charge in [-0.25, -0.2) is 9.67 Å². The van der Waals surface area contributed by atoms with Gasteiger partial charge in [0, 0.05) is 48.8 Å². The molecule has 0 atom stereocenters. The monoisotopic (exact) mass is 360 g/mol. The number of aromatic nitrogens is 3. The molecule has 2 aromatic heterocycles. The van der Waals surface area contributed by atoms with Crippen LogP contribution in [0.4, 0.5) is 17.2 Å². The molecule has 3 N–H and O–H groups in total. The van der Waals surface area contributed by atoms with Crippen molar-refractivity contribution in [2.24, 2.45) is 4.99 Å². The fourth-order valence-corrected chi connectivity index (χ4v) is 2.95. The smallest absolute Gasteiger partial charge is 0.221 e. The van der Waals surface area contributed by atoms with Gasteiger partial charge in [-0.2, -0.15) is 0 Å². The number of nitrogens with one attached hydrogen (secondary N) is 1. The molecule has 0 bridgehead atoms. The van der Waals surface area contributed by atoms with Crippen LogP contribution in [0.15, 0.2) is 47.7 Å². The van der Waals surface area contributed by atoms with E-state index in [2.05, 4.69) is 20.4 Å². The molecular formula is C19H16N6O2. The van der Waals surface area contributed by atoms with Crippen LogP contribution in [-0.4, -0.2) is 32.7 Å². The van der Waals surface area contributed by atoms with Gasteiger partial charge in [-0.3, -0.25) is 14.6 Å². The lowest BCUT2D eigenvalue weighted by molar-refractivity contribution is -0.114. The molecule has 3 aromatic rings. The summed E-state index contributed by atoms with van der Waals surface area (Å²) >= 11 is 0. The number of Topliss-reactive ketones (excluding diaryl/α,β-unsaturated/α-hetero) is 1. The Morgan fingerprint density at radius 1 is 1.19 bits per heavy atom. The maximum atomic E-state index is 12.1. The van der Waals surface area contributed by atoms with E-state index in [-0.39, 0.29) is 18.1 Å². The summed E-state index contributed by atoms with van der Waals surface area (Å²) in [5.41, 5.74) is 9.37. The molecular weight excluding hydrogens is 344 g/mol. The number of anilines is 2. The molecule has 0 radical (unpaired) electrons. The van der Waals surface area contributed by atoms with E-state index < -0.39 is 0 Å². The fourth-order valence-electron chi connectivity index (χ4n) is 2.95. The van der Waals surface area contributed by atoms with Gasteiger partial charge in [0.15, 0.2) is 17.4 Å². The first-order chi connectivity index (χ1) is 13.0. The van der Waals surface area contributed by atoms with Crippen molar-refractivity contribution in [3.05, 3.63) is 48.3 Å². The zero-order valence-corrected chi connectivity index (χ0v) is 14.5. The van der Waals surface area contributed by atoms with Crippen LogP contribution >= 0.6 is 0 Å². The predicted octanol–water partition coefficient (Wildman–Crippen LogP) is 2.76. The minimum Gasteiger partial charge on any atom is -0.382 e. The number of carbonyl (C=O) groups is 2. The predicted molar refractivity (Wildman–Crippen MR) is 103 cm³/mol. The number of hydrogen-bond acceptors (Lipinski definition) is 6. The van der Waals surface area contributed by atoms with Crippen LogP contribution in [0.2, 0.25) is 0 Å². The Morgan fingerprint density at radius 3 is 2.70 bits per heavy atom. The Morgan fingerprint density at radius 2 is 1.96 bits per heavy atom. The number of pyridine rings is 1. The SMILES string of the molecule is CC(=O)Nc1ccc(-c2cn(-c3nccc4c3N=CCC4=O)nc2N)cc1. The molecule has 1 aromatic carbocycles. The summed E-state index contributed by atoms with van der Waals surface area (Å²) in [6.07, 6.45) is 5.17. The van der Waals surface area contributed by atoms with Gasteiger partial charge in [0.25, 0.3) is 0 Å². The van der Waals surface area contributed by atoms with Crippen LogP contribution < -0.4 is 11.1 Å². The van der Waals surface area contributed by atoms with Gasteiger partial charge in [-0.1, -0.05) is 12.1 Å². The lowest BCUT2D eigenvalue weighted by atomic mass is 10.1. The molecule has 1 amide bonds. The summed E-state index contributed by atoms with van der Waals surface area (Å²) in [4.78, 5) is 31.8. The number of nitrogens with zero attached hydrogens (tertiary/aromatic N) is 4. The third-order valence-corrected chi connectivity index (χ3v) is 4.18. The van der Waals surface area contributed by atoms with E-state index in [0.717, 1.165) is 11.1 Å². The molecule has 27 heavy (non-hydrogen) atoms. The largest absolute Gasteiger partial charge is 0.382 e. The standard InChI is InChI=1S/C19H16N6O2/c1-11(26)23-13-4-2-12(3-5-13)15-10-25(24-18(15)20)19-17-14(6-8-22-19)16(27)7-9-21-17/h2-6,8-10H,7H2,1H3,(H2,20,24)(H,23,26). The van der Waals surface area contributed by atoms with Crippen molar-refractivity contribution in [2.75, 3.05) is 11.1 Å². The number of benzene rings is 1. The third kappa shape index (κ3) is 3.08. The molecule has 1 aliphatic heterocycles. The van der Waals surface area contributed by atoms with Crippen LogP contribution in [0.25, 0.3) is 16.9 Å². The number of ketones is 1. The average Bonchev–Trinajstić information content (AvgIpc) is 3.03. The van der Waals surface area contributed by atoms with Crippen molar-refractivity contribution in [2.45, 2.75) is 13.3 Å². The third-order valence-electron chi connectivity index (χ3n) is 4.18. The van der Waals surface area contributed by atoms with E-state index in [1.807, 2.05) is 12.1 Å². The van der Waals surface area contributed by atoms with E-state index >= 15 is 0 Å². The maximum absolute atomic E-state index is 12.1. The van der Waals surface area contributed by atoms with Crippen LogP contribution in [-0.2, 0) is 4.79 Å². The Labute approximate surface area is 154 Å². The van der Waals surface area contributed by atoms with Gasteiger partial charge >= 0.3 is 0 Å². The quantitative estimate of drug-likeness (QED) is 0.745. The molecule has 0 aliphatic carbocycles. The molecule has 8 nitrogen and oxygen atoms in total. The minimum atomic E-state index is -0.134. The molecule has 0 saturated heterocycles. The highest BCUT2D eigenvalue weighted by molar-refractivity contribution is 6.10. The zero-order valence-electron chi connectivity index (χ0n) is 14.5. The fraction of sp³-hybridized carbons (Fsp3) is 0.105. The van der Waals surface area contributed by atoms with Gasteiger partial charge in [-0.15, -0.1) is 5.10 Å². The van der Waals surface area contributed by atoms with Crippen molar-refractivity contribution < 1.29 is 9.59 Å². The normalized spacial score (nSPS) is 12.7. The van der Waals surface area contributed by atoms with E-state index in [1.165, 1.54) is 11.6 Å². The second-order valence-electron chi connectivity index (χ2n) is 6.10. The van der Waals surface area contributed by atoms with Crippen LogP contribution in [0.5, 0.6) is 0 Å². The second-order valence-corrected chi connectivity index (χ2v) is 6.10. The number of hydrogen-bond donors (Lipinski definition) is 2. The molecule has 8 heteroatoms. The van der Waals surface area contributed by atoms with E-state index in [9.17, 15) is 9.59 Å². The Hall–Kier alpha value is -3.81. The first kappa shape index (κ1) is 16.6. The van der Waals surface area contributed by atoms with Gasteiger partial charge < -0.3 is 11.1 Å². The van der Waals surface area contributed by atoms with Gasteiger partial charge in [0.05, 0.1) is 0 Å². The topological polar surface area (TPSA) is 115 Å². The summed E-state index contributed by atoms with van der Waals surface area (Å²) < 4.78 is 1.53. The molecule has 0 unspecified atom stereocenters. The van der Waals surface area contributed by atoms with Gasteiger partial charge in [0.1, 0.15) is 5.69 Å². The first-order valence-corrected chi connectivity index (χ1v) is 8.31.